The summed E-state index contributed by atoms with van der Waals surface area (Å²) in [6.45, 7) is 9.45. The van der Waals surface area contributed by atoms with Crippen LogP contribution in [0.25, 0.3) is 0 Å². The van der Waals surface area contributed by atoms with Crippen LogP contribution in [0.2, 0.25) is 0 Å². The van der Waals surface area contributed by atoms with Gasteiger partial charge in [-0.25, -0.2) is 4.79 Å². The maximum Gasteiger partial charge on any atom is 0.328 e. The van der Waals surface area contributed by atoms with E-state index in [-0.39, 0.29) is 5.69 Å². The minimum atomic E-state index is 0.0708. The summed E-state index contributed by atoms with van der Waals surface area (Å²) in [6, 6.07) is 0. The van der Waals surface area contributed by atoms with Crippen LogP contribution in [-0.4, -0.2) is 9.13 Å². The Balaban J connectivity index is 2.79. The molecule has 0 unspecified atom stereocenters. The summed E-state index contributed by atoms with van der Waals surface area (Å²) >= 11 is 0. The fourth-order valence-electron chi connectivity index (χ4n) is 1.34. The molecule has 0 saturated carbocycles. The SMILES string of the molecule is C=C(CC)Cn1ccn(CCC)c1=O. The third-order valence-corrected chi connectivity index (χ3v) is 2.28. The van der Waals surface area contributed by atoms with Crippen molar-refractivity contribution in [3.05, 3.63) is 35.0 Å². The summed E-state index contributed by atoms with van der Waals surface area (Å²) < 4.78 is 3.45. The lowest BCUT2D eigenvalue weighted by atomic mass is 10.2. The van der Waals surface area contributed by atoms with Crippen molar-refractivity contribution in [2.45, 2.75) is 39.8 Å². The quantitative estimate of drug-likeness (QED) is 0.659. The molecular formula is C11H18N2O. The molecule has 1 heterocycles. The zero-order chi connectivity index (χ0) is 10.6. The van der Waals surface area contributed by atoms with E-state index in [1.165, 1.54) is 0 Å². The maximum atomic E-state index is 11.7. The van der Waals surface area contributed by atoms with Crippen molar-refractivity contribution in [2.24, 2.45) is 0 Å². The van der Waals surface area contributed by atoms with E-state index in [2.05, 4.69) is 20.4 Å². The summed E-state index contributed by atoms with van der Waals surface area (Å²) in [5.41, 5.74) is 1.16. The predicted molar refractivity (Wildman–Crippen MR) is 58.4 cm³/mol. The highest BCUT2D eigenvalue weighted by atomic mass is 16.1. The first kappa shape index (κ1) is 10.8. The topological polar surface area (TPSA) is 26.9 Å². The molecule has 0 saturated heterocycles. The fourth-order valence-corrected chi connectivity index (χ4v) is 1.34. The molecule has 0 atom stereocenters. The molecule has 1 rings (SSSR count). The number of aromatic nitrogens is 2. The molecule has 1 aromatic rings. The van der Waals surface area contributed by atoms with Crippen LogP contribution in [0.4, 0.5) is 0 Å². The first-order chi connectivity index (χ1) is 6.69. The van der Waals surface area contributed by atoms with Crippen molar-refractivity contribution in [3.8, 4) is 0 Å². The molecule has 0 amide bonds. The standard InChI is InChI=1S/C11H18N2O/c1-4-6-12-7-8-13(11(12)14)9-10(3)5-2/h7-8H,3-6,9H2,1-2H3. The van der Waals surface area contributed by atoms with Gasteiger partial charge >= 0.3 is 5.69 Å². The predicted octanol–water partition coefficient (Wildman–Crippen LogP) is 2.03. The van der Waals surface area contributed by atoms with E-state index < -0.39 is 0 Å². The maximum absolute atomic E-state index is 11.7. The Kier molecular flexibility index (Phi) is 3.74. The normalized spacial score (nSPS) is 10.4. The van der Waals surface area contributed by atoms with E-state index in [0.29, 0.717) is 6.54 Å². The molecule has 3 heteroatoms. The van der Waals surface area contributed by atoms with Crippen molar-refractivity contribution in [1.29, 1.82) is 0 Å². The van der Waals surface area contributed by atoms with Gasteiger partial charge in [-0.1, -0.05) is 26.0 Å². The van der Waals surface area contributed by atoms with Gasteiger partial charge in [-0.15, -0.1) is 0 Å². The number of hydrogen-bond acceptors (Lipinski definition) is 1. The van der Waals surface area contributed by atoms with Gasteiger partial charge in [-0.2, -0.15) is 0 Å². The number of nitrogens with zero attached hydrogens (tertiary/aromatic N) is 2. The highest BCUT2D eigenvalue weighted by Crippen LogP contribution is 1.99. The second-order valence-electron chi connectivity index (χ2n) is 3.51. The van der Waals surface area contributed by atoms with Crippen molar-refractivity contribution in [3.63, 3.8) is 0 Å². The van der Waals surface area contributed by atoms with Crippen molar-refractivity contribution < 1.29 is 0 Å². The van der Waals surface area contributed by atoms with Crippen LogP contribution in [0.5, 0.6) is 0 Å². The van der Waals surface area contributed by atoms with Gasteiger partial charge in [0.05, 0.1) is 0 Å². The largest absolute Gasteiger partial charge is 0.328 e. The highest BCUT2D eigenvalue weighted by molar-refractivity contribution is 4.95. The van der Waals surface area contributed by atoms with Crippen molar-refractivity contribution in [1.82, 2.24) is 9.13 Å². The third-order valence-electron chi connectivity index (χ3n) is 2.28. The summed E-state index contributed by atoms with van der Waals surface area (Å²) in [5, 5.41) is 0. The average Bonchev–Trinajstić information content (AvgIpc) is 2.50. The van der Waals surface area contributed by atoms with Gasteiger partial charge in [-0.05, 0) is 12.8 Å². The lowest BCUT2D eigenvalue weighted by Crippen LogP contribution is -2.24. The number of aryl methyl sites for hydroxylation is 1. The molecule has 3 nitrogen and oxygen atoms in total. The highest BCUT2D eigenvalue weighted by Gasteiger charge is 2.02. The van der Waals surface area contributed by atoms with Crippen LogP contribution < -0.4 is 5.69 Å². The zero-order valence-electron chi connectivity index (χ0n) is 8.99. The molecule has 0 N–H and O–H groups in total. The fraction of sp³-hybridized carbons (Fsp3) is 0.545. The van der Waals surface area contributed by atoms with E-state index in [0.717, 1.165) is 25.0 Å². The Labute approximate surface area is 84.7 Å². The van der Waals surface area contributed by atoms with E-state index in [4.69, 9.17) is 0 Å². The van der Waals surface area contributed by atoms with E-state index in [1.807, 2.05) is 12.4 Å². The molecule has 0 bridgehead atoms. The molecule has 0 aliphatic carbocycles. The van der Waals surface area contributed by atoms with Gasteiger partial charge in [0.25, 0.3) is 0 Å². The summed E-state index contributed by atoms with van der Waals surface area (Å²) in [7, 11) is 0. The van der Waals surface area contributed by atoms with Gasteiger partial charge < -0.3 is 0 Å². The Morgan fingerprint density at radius 2 is 2.00 bits per heavy atom. The minimum absolute atomic E-state index is 0.0708. The Bertz CT molecular complexity index is 360. The van der Waals surface area contributed by atoms with Gasteiger partial charge in [0, 0.05) is 25.5 Å². The second-order valence-corrected chi connectivity index (χ2v) is 3.51. The molecular weight excluding hydrogens is 176 g/mol. The number of rotatable bonds is 5. The molecule has 0 aliphatic heterocycles. The Hall–Kier alpha value is -1.25. The molecule has 78 valence electrons. The minimum Gasteiger partial charge on any atom is -0.299 e. The van der Waals surface area contributed by atoms with Gasteiger partial charge in [0.15, 0.2) is 0 Å². The summed E-state index contributed by atoms with van der Waals surface area (Å²) in [4.78, 5) is 11.7. The number of imidazole rings is 1. The lowest BCUT2D eigenvalue weighted by molar-refractivity contribution is 0.619. The van der Waals surface area contributed by atoms with Crippen LogP contribution in [0.3, 0.4) is 0 Å². The smallest absolute Gasteiger partial charge is 0.299 e. The number of allylic oxidation sites excluding steroid dienone is 1. The molecule has 14 heavy (non-hydrogen) atoms. The van der Waals surface area contributed by atoms with Crippen LogP contribution in [0.15, 0.2) is 29.3 Å². The first-order valence-electron chi connectivity index (χ1n) is 5.11. The Morgan fingerprint density at radius 3 is 2.57 bits per heavy atom. The zero-order valence-corrected chi connectivity index (χ0v) is 8.99. The van der Waals surface area contributed by atoms with E-state index in [9.17, 15) is 4.79 Å². The number of hydrogen-bond donors (Lipinski definition) is 0. The van der Waals surface area contributed by atoms with Crippen LogP contribution >= 0.6 is 0 Å². The average molecular weight is 194 g/mol. The molecule has 0 fully saturated rings. The summed E-state index contributed by atoms with van der Waals surface area (Å²) in [5.74, 6) is 0. The molecule has 0 aliphatic rings. The van der Waals surface area contributed by atoms with E-state index in [1.54, 1.807) is 9.13 Å². The molecule has 0 spiro atoms. The Morgan fingerprint density at radius 1 is 1.36 bits per heavy atom. The molecule has 0 radical (unpaired) electrons. The van der Waals surface area contributed by atoms with Crippen LogP contribution in [0.1, 0.15) is 26.7 Å². The van der Waals surface area contributed by atoms with Crippen LogP contribution in [-0.2, 0) is 13.1 Å². The molecule has 0 aromatic carbocycles. The lowest BCUT2D eigenvalue weighted by Gasteiger charge is -2.02. The van der Waals surface area contributed by atoms with Crippen LogP contribution in [0, 0.1) is 0 Å². The van der Waals surface area contributed by atoms with Crippen molar-refractivity contribution in [2.75, 3.05) is 0 Å². The first-order valence-corrected chi connectivity index (χ1v) is 5.11. The molecule has 1 aromatic heterocycles. The third kappa shape index (κ3) is 2.37. The van der Waals surface area contributed by atoms with Gasteiger partial charge in [-0.3, -0.25) is 9.13 Å². The summed E-state index contributed by atoms with van der Waals surface area (Å²) in [6.07, 6.45) is 5.58. The second kappa shape index (κ2) is 4.84. The van der Waals surface area contributed by atoms with Crippen molar-refractivity contribution >= 4 is 0 Å². The van der Waals surface area contributed by atoms with E-state index >= 15 is 0 Å². The van der Waals surface area contributed by atoms with Gasteiger partial charge in [0.2, 0.25) is 0 Å². The monoisotopic (exact) mass is 194 g/mol. The van der Waals surface area contributed by atoms with Gasteiger partial charge in [0.1, 0.15) is 0 Å².